The first-order valence-corrected chi connectivity index (χ1v) is 7.80. The Kier molecular flexibility index (Phi) is 6.21. The van der Waals surface area contributed by atoms with E-state index in [9.17, 15) is 14.9 Å². The molecule has 22 heavy (non-hydrogen) atoms. The van der Waals surface area contributed by atoms with E-state index in [2.05, 4.69) is 18.3 Å². The van der Waals surface area contributed by atoms with Crippen LogP contribution in [0, 0.1) is 17.2 Å². The van der Waals surface area contributed by atoms with Crippen molar-refractivity contribution < 1.29 is 19.1 Å². The van der Waals surface area contributed by atoms with Crippen LogP contribution in [-0.2, 0) is 14.3 Å². The predicted molar refractivity (Wildman–Crippen MR) is 80.9 cm³/mol. The van der Waals surface area contributed by atoms with Crippen LogP contribution in [-0.4, -0.2) is 29.8 Å². The van der Waals surface area contributed by atoms with Gasteiger partial charge in [-0.25, -0.2) is 4.79 Å². The molecule has 0 spiro atoms. The molecule has 6 heteroatoms. The van der Waals surface area contributed by atoms with E-state index in [-0.39, 0.29) is 18.5 Å². The average molecular weight is 310 g/mol. The highest BCUT2D eigenvalue weighted by molar-refractivity contribution is 5.71. The third kappa shape index (κ3) is 5.92. The Balaban J connectivity index is 2.35. The lowest BCUT2D eigenvalue weighted by atomic mass is 10.2. The molecule has 1 fully saturated rings. The lowest BCUT2D eigenvalue weighted by molar-refractivity contribution is -0.144. The molecule has 0 aromatic heterocycles. The molecule has 1 rings (SSSR count). The molecule has 6 nitrogen and oxygen atoms in total. The molecule has 1 aliphatic carbocycles. The minimum Gasteiger partial charge on any atom is -0.465 e. The predicted octanol–water partition coefficient (Wildman–Crippen LogP) is 2.92. The number of ether oxygens (including phenoxy) is 2. The van der Waals surface area contributed by atoms with Crippen LogP contribution >= 0.6 is 0 Å². The molecule has 1 N–H and O–H groups in total. The first-order valence-electron chi connectivity index (χ1n) is 7.80. The Morgan fingerprint density at radius 1 is 1.36 bits per heavy atom. The molecule has 1 amide bonds. The van der Waals surface area contributed by atoms with E-state index < -0.39 is 17.2 Å². The Morgan fingerprint density at radius 2 is 2.05 bits per heavy atom. The molecule has 0 aromatic rings. The van der Waals surface area contributed by atoms with Gasteiger partial charge in [0.05, 0.1) is 12.7 Å². The summed E-state index contributed by atoms with van der Waals surface area (Å²) >= 11 is 0. The van der Waals surface area contributed by atoms with Crippen LogP contribution in [0.2, 0.25) is 0 Å². The molecule has 1 saturated carbocycles. The first-order chi connectivity index (χ1) is 10.2. The van der Waals surface area contributed by atoms with Crippen molar-refractivity contribution in [2.45, 2.75) is 70.9 Å². The minimum atomic E-state index is -0.966. The zero-order valence-corrected chi connectivity index (χ0v) is 13.9. The normalized spacial score (nSPS) is 23.3. The van der Waals surface area contributed by atoms with Crippen LogP contribution in [0.1, 0.15) is 59.8 Å². The van der Waals surface area contributed by atoms with Gasteiger partial charge in [-0.2, -0.15) is 5.26 Å². The van der Waals surface area contributed by atoms with Gasteiger partial charge in [0, 0.05) is 12.3 Å². The number of amides is 1. The summed E-state index contributed by atoms with van der Waals surface area (Å²) in [6.07, 6.45) is 3.13. The monoisotopic (exact) mass is 310 g/mol. The second-order valence-corrected chi connectivity index (χ2v) is 6.75. The van der Waals surface area contributed by atoms with Crippen molar-refractivity contribution in [1.82, 2.24) is 5.32 Å². The second-order valence-electron chi connectivity index (χ2n) is 6.75. The number of unbranched alkanes of at least 4 members (excludes halogenated alkanes) is 2. The maximum absolute atomic E-state index is 11.7. The van der Waals surface area contributed by atoms with Crippen LogP contribution < -0.4 is 5.32 Å². The number of alkyl carbamates (subject to hydrolysis) is 1. The Morgan fingerprint density at radius 3 is 2.59 bits per heavy atom. The molecule has 1 aliphatic rings. The van der Waals surface area contributed by atoms with Crippen molar-refractivity contribution in [2.75, 3.05) is 6.61 Å². The highest BCUT2D eigenvalue weighted by Crippen LogP contribution is 2.43. The van der Waals surface area contributed by atoms with E-state index in [1.165, 1.54) is 0 Å². The summed E-state index contributed by atoms with van der Waals surface area (Å²) in [4.78, 5) is 23.3. The van der Waals surface area contributed by atoms with E-state index in [1.54, 1.807) is 20.8 Å². The highest BCUT2D eigenvalue weighted by Gasteiger charge is 2.57. The minimum absolute atomic E-state index is 0.161. The molecule has 0 heterocycles. The van der Waals surface area contributed by atoms with E-state index in [0.29, 0.717) is 12.8 Å². The van der Waals surface area contributed by atoms with Crippen LogP contribution in [0.3, 0.4) is 0 Å². The summed E-state index contributed by atoms with van der Waals surface area (Å²) in [5.74, 6) is -0.412. The van der Waals surface area contributed by atoms with Crippen molar-refractivity contribution >= 4 is 12.1 Å². The number of nitrogens with zero attached hydrogens (tertiary/aromatic N) is 1. The van der Waals surface area contributed by atoms with Gasteiger partial charge < -0.3 is 14.8 Å². The molecule has 0 aliphatic heterocycles. The summed E-state index contributed by atoms with van der Waals surface area (Å²) in [5, 5.41) is 11.8. The summed E-state index contributed by atoms with van der Waals surface area (Å²) in [5.41, 5.74) is -1.58. The quantitative estimate of drug-likeness (QED) is 0.577. The van der Waals surface area contributed by atoms with Gasteiger partial charge in [0.1, 0.15) is 11.1 Å². The SMILES string of the molecule is CCCCCC(=O)OC[C@H]1C[C@]1(C#N)NC(=O)OC(C)(C)C. The Hall–Kier alpha value is -1.77. The van der Waals surface area contributed by atoms with Gasteiger partial charge in [0.15, 0.2) is 0 Å². The molecule has 0 radical (unpaired) electrons. The molecule has 124 valence electrons. The number of esters is 1. The standard InChI is InChI=1S/C16H26N2O4/c1-5-6-7-8-13(19)21-10-12-9-16(12,11-17)18-14(20)22-15(2,3)4/h12H,5-10H2,1-4H3,(H,18,20)/t12-,16-/m1/s1. The van der Waals surface area contributed by atoms with Gasteiger partial charge in [-0.15, -0.1) is 0 Å². The highest BCUT2D eigenvalue weighted by atomic mass is 16.6. The van der Waals surface area contributed by atoms with E-state index >= 15 is 0 Å². The number of rotatable bonds is 7. The van der Waals surface area contributed by atoms with Crippen molar-refractivity contribution in [3.8, 4) is 6.07 Å². The molecule has 0 saturated heterocycles. The zero-order chi connectivity index (χ0) is 16.8. The van der Waals surface area contributed by atoms with Crippen LogP contribution in [0.15, 0.2) is 0 Å². The first kappa shape index (κ1) is 18.3. The smallest absolute Gasteiger partial charge is 0.408 e. The number of hydrogen-bond acceptors (Lipinski definition) is 5. The van der Waals surface area contributed by atoms with Gasteiger partial charge in [0.2, 0.25) is 0 Å². The van der Waals surface area contributed by atoms with Gasteiger partial charge in [-0.05, 0) is 33.6 Å². The van der Waals surface area contributed by atoms with Crippen LogP contribution in [0.25, 0.3) is 0 Å². The lowest BCUT2D eigenvalue weighted by Crippen LogP contribution is -2.41. The number of carbonyl (C=O) groups is 2. The van der Waals surface area contributed by atoms with Gasteiger partial charge in [0.25, 0.3) is 0 Å². The summed E-state index contributed by atoms with van der Waals surface area (Å²) in [6, 6.07) is 2.09. The van der Waals surface area contributed by atoms with Crippen molar-refractivity contribution in [3.05, 3.63) is 0 Å². The lowest BCUT2D eigenvalue weighted by Gasteiger charge is -2.21. The fourth-order valence-electron chi connectivity index (χ4n) is 2.12. The fourth-order valence-corrected chi connectivity index (χ4v) is 2.12. The summed E-state index contributed by atoms with van der Waals surface area (Å²) in [6.45, 7) is 7.50. The van der Waals surface area contributed by atoms with Crippen molar-refractivity contribution in [3.63, 3.8) is 0 Å². The number of nitrogens with one attached hydrogen (secondary N) is 1. The van der Waals surface area contributed by atoms with Crippen molar-refractivity contribution in [2.24, 2.45) is 5.92 Å². The number of hydrogen-bond donors (Lipinski definition) is 1. The van der Waals surface area contributed by atoms with Crippen LogP contribution in [0.5, 0.6) is 0 Å². The molecule has 0 bridgehead atoms. The fraction of sp³-hybridized carbons (Fsp3) is 0.812. The van der Waals surface area contributed by atoms with E-state index in [0.717, 1.165) is 19.3 Å². The Bertz CT molecular complexity index is 450. The van der Waals surface area contributed by atoms with Crippen LogP contribution in [0.4, 0.5) is 4.79 Å². The molecule has 0 unspecified atom stereocenters. The topological polar surface area (TPSA) is 88.4 Å². The zero-order valence-electron chi connectivity index (χ0n) is 13.9. The Labute approximate surface area is 132 Å². The maximum atomic E-state index is 11.7. The summed E-state index contributed by atoms with van der Waals surface area (Å²) < 4.78 is 10.3. The largest absolute Gasteiger partial charge is 0.465 e. The number of carbonyl (C=O) groups excluding carboxylic acids is 2. The van der Waals surface area contributed by atoms with Gasteiger partial charge >= 0.3 is 12.1 Å². The molecular weight excluding hydrogens is 284 g/mol. The van der Waals surface area contributed by atoms with Gasteiger partial charge in [-0.1, -0.05) is 19.8 Å². The second kappa shape index (κ2) is 7.48. The number of nitriles is 1. The molecule has 0 aromatic carbocycles. The third-order valence-electron chi connectivity index (χ3n) is 3.46. The maximum Gasteiger partial charge on any atom is 0.408 e. The van der Waals surface area contributed by atoms with E-state index in [1.807, 2.05) is 0 Å². The van der Waals surface area contributed by atoms with Crippen molar-refractivity contribution in [1.29, 1.82) is 5.26 Å². The van der Waals surface area contributed by atoms with Gasteiger partial charge in [-0.3, -0.25) is 4.79 Å². The third-order valence-corrected chi connectivity index (χ3v) is 3.46. The average Bonchev–Trinajstić information content (AvgIpc) is 3.08. The molecule has 2 atom stereocenters. The summed E-state index contributed by atoms with van der Waals surface area (Å²) in [7, 11) is 0. The molecular formula is C16H26N2O4. The van der Waals surface area contributed by atoms with E-state index in [4.69, 9.17) is 9.47 Å².